The van der Waals surface area contributed by atoms with Gasteiger partial charge in [0.1, 0.15) is 23.0 Å². The number of ether oxygens (including phenoxy) is 3. The monoisotopic (exact) mass is 398 g/mol. The van der Waals surface area contributed by atoms with Gasteiger partial charge in [-0.1, -0.05) is 30.3 Å². The van der Waals surface area contributed by atoms with Gasteiger partial charge in [-0.3, -0.25) is 4.79 Å². The minimum atomic E-state index is -0.437. The SMILES string of the molecule is CC(=O)Oc1cccc(/C=C2\C=C(c3ccc(Oc4ccccc4)cc3)OC2=O)c1. The molecule has 1 aliphatic rings. The quantitative estimate of drug-likeness (QED) is 0.328. The van der Waals surface area contributed by atoms with E-state index in [0.717, 1.165) is 16.9 Å². The maximum absolute atomic E-state index is 12.3. The number of para-hydroxylation sites is 1. The van der Waals surface area contributed by atoms with Gasteiger partial charge in [-0.25, -0.2) is 4.79 Å². The molecule has 5 heteroatoms. The second-order valence-corrected chi connectivity index (χ2v) is 6.60. The van der Waals surface area contributed by atoms with E-state index >= 15 is 0 Å². The van der Waals surface area contributed by atoms with Gasteiger partial charge in [0.05, 0.1) is 5.57 Å². The third-order valence-electron chi connectivity index (χ3n) is 4.28. The first-order valence-corrected chi connectivity index (χ1v) is 9.34. The Bertz CT molecular complexity index is 1140. The van der Waals surface area contributed by atoms with Crippen molar-refractivity contribution in [3.63, 3.8) is 0 Å². The third-order valence-corrected chi connectivity index (χ3v) is 4.28. The zero-order valence-corrected chi connectivity index (χ0v) is 16.2. The van der Waals surface area contributed by atoms with Gasteiger partial charge in [0.2, 0.25) is 0 Å². The minimum absolute atomic E-state index is 0.401. The molecule has 0 aromatic heterocycles. The van der Waals surface area contributed by atoms with Crippen molar-refractivity contribution in [3.05, 3.63) is 102 Å². The van der Waals surface area contributed by atoms with Gasteiger partial charge in [-0.15, -0.1) is 0 Å². The van der Waals surface area contributed by atoms with E-state index in [9.17, 15) is 9.59 Å². The fourth-order valence-electron chi connectivity index (χ4n) is 2.96. The summed E-state index contributed by atoms with van der Waals surface area (Å²) in [6, 6.07) is 23.7. The zero-order valence-electron chi connectivity index (χ0n) is 16.2. The van der Waals surface area contributed by atoms with Gasteiger partial charge < -0.3 is 14.2 Å². The summed E-state index contributed by atoms with van der Waals surface area (Å²) in [5.74, 6) is 1.48. The topological polar surface area (TPSA) is 61.8 Å². The van der Waals surface area contributed by atoms with Crippen LogP contribution in [-0.4, -0.2) is 11.9 Å². The summed E-state index contributed by atoms with van der Waals surface area (Å²) in [5.41, 5.74) is 1.90. The minimum Gasteiger partial charge on any atom is -0.457 e. The number of hydrogen-bond acceptors (Lipinski definition) is 5. The fraction of sp³-hybridized carbons (Fsp3) is 0.0400. The van der Waals surface area contributed by atoms with Crippen molar-refractivity contribution >= 4 is 23.8 Å². The van der Waals surface area contributed by atoms with E-state index in [2.05, 4.69) is 0 Å². The second-order valence-electron chi connectivity index (χ2n) is 6.60. The van der Waals surface area contributed by atoms with Crippen LogP contribution in [0.2, 0.25) is 0 Å². The first-order valence-electron chi connectivity index (χ1n) is 9.34. The molecule has 0 spiro atoms. The Morgan fingerprint density at radius 3 is 2.30 bits per heavy atom. The number of carbonyl (C=O) groups excluding carboxylic acids is 2. The highest BCUT2D eigenvalue weighted by Gasteiger charge is 2.22. The van der Waals surface area contributed by atoms with Crippen LogP contribution >= 0.6 is 0 Å². The normalized spacial score (nSPS) is 14.2. The summed E-state index contributed by atoms with van der Waals surface area (Å²) >= 11 is 0. The molecule has 0 unspecified atom stereocenters. The Morgan fingerprint density at radius 1 is 0.867 bits per heavy atom. The highest BCUT2D eigenvalue weighted by atomic mass is 16.5. The predicted octanol–water partition coefficient (Wildman–Crippen LogP) is 5.39. The molecule has 1 heterocycles. The molecule has 3 aromatic carbocycles. The molecular formula is C25H18O5. The Hall–Kier alpha value is -4.12. The average Bonchev–Trinajstić information content (AvgIpc) is 3.09. The fourth-order valence-corrected chi connectivity index (χ4v) is 2.96. The van der Waals surface area contributed by atoms with Crippen LogP contribution in [0.5, 0.6) is 17.2 Å². The van der Waals surface area contributed by atoms with Gasteiger partial charge in [0.25, 0.3) is 0 Å². The number of carbonyl (C=O) groups is 2. The first kappa shape index (κ1) is 19.2. The van der Waals surface area contributed by atoms with Crippen LogP contribution in [0, 0.1) is 0 Å². The van der Waals surface area contributed by atoms with Crippen LogP contribution in [0.3, 0.4) is 0 Å². The molecule has 0 radical (unpaired) electrons. The summed E-state index contributed by atoms with van der Waals surface area (Å²) in [6.45, 7) is 1.34. The molecule has 0 amide bonds. The van der Waals surface area contributed by atoms with Gasteiger partial charge in [-0.05, 0) is 66.2 Å². The second kappa shape index (κ2) is 8.49. The molecule has 148 valence electrons. The predicted molar refractivity (Wildman–Crippen MR) is 113 cm³/mol. The molecule has 0 bridgehead atoms. The molecule has 30 heavy (non-hydrogen) atoms. The van der Waals surface area contributed by atoms with Crippen molar-refractivity contribution in [3.8, 4) is 17.2 Å². The van der Waals surface area contributed by atoms with Crippen LogP contribution in [0.25, 0.3) is 11.8 Å². The lowest BCUT2D eigenvalue weighted by Crippen LogP contribution is -2.01. The van der Waals surface area contributed by atoms with Crippen LogP contribution in [0.1, 0.15) is 18.1 Å². The molecule has 5 nitrogen and oxygen atoms in total. The maximum Gasteiger partial charge on any atom is 0.343 e. The maximum atomic E-state index is 12.3. The molecule has 0 N–H and O–H groups in total. The highest BCUT2D eigenvalue weighted by Crippen LogP contribution is 2.30. The lowest BCUT2D eigenvalue weighted by molar-refractivity contribution is -0.132. The Kier molecular flexibility index (Phi) is 5.44. The smallest absolute Gasteiger partial charge is 0.343 e. The number of benzene rings is 3. The van der Waals surface area contributed by atoms with E-state index in [0.29, 0.717) is 22.8 Å². The van der Waals surface area contributed by atoms with Gasteiger partial charge in [0.15, 0.2) is 0 Å². The lowest BCUT2D eigenvalue weighted by atomic mass is 10.1. The van der Waals surface area contributed by atoms with Crippen molar-refractivity contribution < 1.29 is 23.8 Å². The molecule has 0 saturated heterocycles. The molecule has 1 aliphatic heterocycles. The Balaban J connectivity index is 1.52. The summed E-state index contributed by atoms with van der Waals surface area (Å²) in [4.78, 5) is 23.4. The highest BCUT2D eigenvalue weighted by molar-refractivity contribution is 6.05. The van der Waals surface area contributed by atoms with Crippen LogP contribution in [-0.2, 0) is 14.3 Å². The Morgan fingerprint density at radius 2 is 1.57 bits per heavy atom. The van der Waals surface area contributed by atoms with Crippen molar-refractivity contribution in [2.24, 2.45) is 0 Å². The molecule has 0 aliphatic carbocycles. The summed E-state index contributed by atoms with van der Waals surface area (Å²) < 4.78 is 16.3. The van der Waals surface area contributed by atoms with Crippen molar-refractivity contribution in [1.82, 2.24) is 0 Å². The molecule has 0 saturated carbocycles. The van der Waals surface area contributed by atoms with Gasteiger partial charge in [-0.2, -0.15) is 0 Å². The Labute approximate surface area is 173 Å². The number of esters is 2. The van der Waals surface area contributed by atoms with E-state index in [-0.39, 0.29) is 0 Å². The van der Waals surface area contributed by atoms with Gasteiger partial charge in [0, 0.05) is 12.5 Å². The standard InChI is InChI=1S/C25H18O5/c1-17(26)28-23-9-5-6-18(15-23)14-20-16-24(30-25(20)27)19-10-12-22(13-11-19)29-21-7-3-2-4-8-21/h2-16H,1H3/b20-14+. The van der Waals surface area contributed by atoms with E-state index in [1.807, 2.05) is 60.7 Å². The largest absolute Gasteiger partial charge is 0.457 e. The molecule has 4 rings (SSSR count). The summed E-state index contributed by atoms with van der Waals surface area (Å²) in [6.07, 6.45) is 3.38. The third kappa shape index (κ3) is 4.64. The van der Waals surface area contributed by atoms with E-state index in [1.165, 1.54) is 6.92 Å². The number of rotatable bonds is 5. The molecular weight excluding hydrogens is 380 g/mol. The average molecular weight is 398 g/mol. The summed E-state index contributed by atoms with van der Waals surface area (Å²) in [5, 5.41) is 0. The van der Waals surface area contributed by atoms with Crippen LogP contribution in [0.4, 0.5) is 0 Å². The van der Waals surface area contributed by atoms with Crippen molar-refractivity contribution in [2.75, 3.05) is 0 Å². The first-order chi connectivity index (χ1) is 14.6. The summed E-state index contributed by atoms with van der Waals surface area (Å²) in [7, 11) is 0. The van der Waals surface area contributed by atoms with Crippen LogP contribution < -0.4 is 9.47 Å². The molecule has 0 fully saturated rings. The van der Waals surface area contributed by atoms with Crippen LogP contribution in [0.15, 0.2) is 90.5 Å². The zero-order chi connectivity index (χ0) is 20.9. The van der Waals surface area contributed by atoms with E-state index in [4.69, 9.17) is 14.2 Å². The molecule has 3 aromatic rings. The van der Waals surface area contributed by atoms with Gasteiger partial charge >= 0.3 is 11.9 Å². The lowest BCUT2D eigenvalue weighted by Gasteiger charge is -2.06. The van der Waals surface area contributed by atoms with Crippen molar-refractivity contribution in [2.45, 2.75) is 6.92 Å². The number of cyclic esters (lactones) is 1. The van der Waals surface area contributed by atoms with E-state index < -0.39 is 11.9 Å². The van der Waals surface area contributed by atoms with E-state index in [1.54, 1.807) is 30.4 Å². The molecule has 0 atom stereocenters. The van der Waals surface area contributed by atoms with Crippen molar-refractivity contribution in [1.29, 1.82) is 0 Å². The number of hydrogen-bond donors (Lipinski definition) is 0.